The van der Waals surface area contributed by atoms with Crippen LogP contribution in [-0.4, -0.2) is 36.7 Å². The number of benzene rings is 2. The number of rotatable bonds is 7. The van der Waals surface area contributed by atoms with Crippen LogP contribution in [0.4, 0.5) is 5.69 Å². The SMILES string of the molecule is Cn1c2ccc(-c3ccco3)cc2c2nc(SCC(=O)NC3CCCCC3)n(-c3cccc([N+](=O)[O-])c3)c(=O)c21. The average Bonchev–Trinajstić information content (AvgIpc) is 3.60. The van der Waals surface area contributed by atoms with Gasteiger partial charge in [0.25, 0.3) is 11.2 Å². The van der Waals surface area contributed by atoms with Crippen molar-refractivity contribution in [3.8, 4) is 17.0 Å². The highest BCUT2D eigenvalue weighted by molar-refractivity contribution is 7.99. The van der Waals surface area contributed by atoms with Crippen LogP contribution in [0.15, 0.2) is 75.2 Å². The van der Waals surface area contributed by atoms with Crippen LogP contribution in [0.5, 0.6) is 0 Å². The van der Waals surface area contributed by atoms with Crippen molar-refractivity contribution in [3.05, 3.63) is 81.3 Å². The topological polar surface area (TPSA) is 125 Å². The van der Waals surface area contributed by atoms with Gasteiger partial charge in [-0.25, -0.2) is 4.98 Å². The third-order valence-corrected chi connectivity index (χ3v) is 8.32. The summed E-state index contributed by atoms with van der Waals surface area (Å²) >= 11 is 1.14. The van der Waals surface area contributed by atoms with Crippen LogP contribution in [0.25, 0.3) is 38.9 Å². The minimum absolute atomic E-state index is 0.0613. The number of aryl methyl sites for hydroxylation is 1. The number of fused-ring (bicyclic) bond motifs is 3. The van der Waals surface area contributed by atoms with Gasteiger partial charge in [-0.3, -0.25) is 24.3 Å². The Bertz CT molecular complexity index is 1800. The highest BCUT2D eigenvalue weighted by Gasteiger charge is 2.23. The number of nitrogens with one attached hydrogen (secondary N) is 1. The molecule has 11 heteroatoms. The Morgan fingerprint density at radius 1 is 1.15 bits per heavy atom. The van der Waals surface area contributed by atoms with Crippen LogP contribution < -0.4 is 10.9 Å². The predicted molar refractivity (Wildman–Crippen MR) is 154 cm³/mol. The lowest BCUT2D eigenvalue weighted by atomic mass is 9.95. The molecule has 1 fully saturated rings. The number of hydrogen-bond acceptors (Lipinski definition) is 7. The molecule has 0 aliphatic heterocycles. The lowest BCUT2D eigenvalue weighted by molar-refractivity contribution is -0.384. The fourth-order valence-corrected chi connectivity index (χ4v) is 6.25. The molecule has 204 valence electrons. The molecule has 3 heterocycles. The van der Waals surface area contributed by atoms with Gasteiger partial charge in [-0.15, -0.1) is 0 Å². The maximum absolute atomic E-state index is 14.1. The molecule has 0 spiro atoms. The number of nitro groups is 1. The van der Waals surface area contributed by atoms with Crippen molar-refractivity contribution in [2.24, 2.45) is 7.05 Å². The zero-order valence-electron chi connectivity index (χ0n) is 21.8. The van der Waals surface area contributed by atoms with Crippen molar-refractivity contribution in [1.82, 2.24) is 19.4 Å². The zero-order chi connectivity index (χ0) is 27.8. The van der Waals surface area contributed by atoms with Crippen LogP contribution in [0.3, 0.4) is 0 Å². The van der Waals surface area contributed by atoms with Gasteiger partial charge in [-0.2, -0.15) is 0 Å². The molecule has 40 heavy (non-hydrogen) atoms. The van der Waals surface area contributed by atoms with Crippen molar-refractivity contribution in [2.45, 2.75) is 43.3 Å². The van der Waals surface area contributed by atoms with Crippen molar-refractivity contribution in [3.63, 3.8) is 0 Å². The Balaban J connectivity index is 1.48. The van der Waals surface area contributed by atoms with Crippen molar-refractivity contribution < 1.29 is 14.1 Å². The number of carbonyl (C=O) groups is 1. The van der Waals surface area contributed by atoms with Gasteiger partial charge in [0, 0.05) is 36.2 Å². The first-order valence-electron chi connectivity index (χ1n) is 13.2. The second-order valence-electron chi connectivity index (χ2n) is 9.97. The molecule has 1 aliphatic carbocycles. The summed E-state index contributed by atoms with van der Waals surface area (Å²) in [7, 11) is 1.79. The van der Waals surface area contributed by atoms with Gasteiger partial charge in [-0.05, 0) is 49.2 Å². The van der Waals surface area contributed by atoms with E-state index < -0.39 is 4.92 Å². The van der Waals surface area contributed by atoms with Crippen LogP contribution >= 0.6 is 11.8 Å². The largest absolute Gasteiger partial charge is 0.464 e. The van der Waals surface area contributed by atoms with Gasteiger partial charge < -0.3 is 14.3 Å². The third kappa shape index (κ3) is 4.77. The van der Waals surface area contributed by atoms with Gasteiger partial charge in [0.05, 0.1) is 28.1 Å². The molecule has 0 atom stereocenters. The van der Waals surface area contributed by atoms with E-state index in [9.17, 15) is 19.7 Å². The Kier molecular flexibility index (Phi) is 6.89. The second-order valence-corrected chi connectivity index (χ2v) is 10.9. The molecule has 10 nitrogen and oxygen atoms in total. The van der Waals surface area contributed by atoms with Crippen LogP contribution in [-0.2, 0) is 11.8 Å². The number of nitro benzene ring substituents is 1. The number of thioether (sulfide) groups is 1. The fraction of sp³-hybridized carbons (Fsp3) is 0.276. The summed E-state index contributed by atoms with van der Waals surface area (Å²) in [6.07, 6.45) is 6.92. The molecule has 1 amide bonds. The van der Waals surface area contributed by atoms with E-state index in [0.717, 1.165) is 53.9 Å². The standard InChI is InChI=1S/C29H27N5O5S/c1-32-23-13-12-18(24-11-6-14-39-24)15-22(23)26-27(32)28(36)33(20-9-5-10-21(16-20)34(37)38)29(31-26)40-17-25(35)30-19-7-3-2-4-8-19/h5-6,9-16,19H,2-4,7-8,17H2,1H3,(H,30,35). The number of non-ortho nitro benzene ring substituents is 1. The monoisotopic (exact) mass is 557 g/mol. The quantitative estimate of drug-likeness (QED) is 0.120. The van der Waals surface area contributed by atoms with E-state index in [1.54, 1.807) is 23.9 Å². The van der Waals surface area contributed by atoms with Crippen molar-refractivity contribution in [1.29, 1.82) is 0 Å². The van der Waals surface area contributed by atoms with Gasteiger partial charge in [0.15, 0.2) is 5.16 Å². The van der Waals surface area contributed by atoms with Gasteiger partial charge >= 0.3 is 0 Å². The molecule has 3 aromatic heterocycles. The zero-order valence-corrected chi connectivity index (χ0v) is 22.6. The predicted octanol–water partition coefficient (Wildman–Crippen LogP) is 5.59. The summed E-state index contributed by atoms with van der Waals surface area (Å²) < 4.78 is 8.72. The Hall–Kier alpha value is -4.38. The summed E-state index contributed by atoms with van der Waals surface area (Å²) in [5, 5.41) is 15.7. The molecule has 0 saturated heterocycles. The summed E-state index contributed by atoms with van der Waals surface area (Å²) in [6, 6.07) is 15.5. The smallest absolute Gasteiger partial charge is 0.283 e. The van der Waals surface area contributed by atoms with Crippen molar-refractivity contribution >= 4 is 45.3 Å². The number of aromatic nitrogens is 3. The fourth-order valence-electron chi connectivity index (χ4n) is 5.43. The molecule has 1 saturated carbocycles. The number of hydrogen-bond donors (Lipinski definition) is 1. The Morgan fingerprint density at radius 2 is 1.98 bits per heavy atom. The van der Waals surface area contributed by atoms with E-state index in [1.807, 2.05) is 30.3 Å². The number of furan rings is 1. The molecule has 6 rings (SSSR count). The van der Waals surface area contributed by atoms with E-state index in [4.69, 9.17) is 9.40 Å². The van der Waals surface area contributed by atoms with Crippen LogP contribution in [0.1, 0.15) is 32.1 Å². The lowest BCUT2D eigenvalue weighted by Crippen LogP contribution is -2.37. The van der Waals surface area contributed by atoms with E-state index in [0.29, 0.717) is 22.5 Å². The number of amides is 1. The van der Waals surface area contributed by atoms with Gasteiger partial charge in [-0.1, -0.05) is 37.1 Å². The van der Waals surface area contributed by atoms with Crippen LogP contribution in [0, 0.1) is 10.1 Å². The maximum Gasteiger partial charge on any atom is 0.283 e. The summed E-state index contributed by atoms with van der Waals surface area (Å²) in [4.78, 5) is 42.9. The molecular formula is C29H27N5O5S. The van der Waals surface area contributed by atoms with Crippen LogP contribution in [0.2, 0.25) is 0 Å². The molecule has 2 aromatic carbocycles. The lowest BCUT2D eigenvalue weighted by Gasteiger charge is -2.22. The van der Waals surface area contributed by atoms with E-state index in [2.05, 4.69) is 5.32 Å². The first-order chi connectivity index (χ1) is 19.4. The molecule has 0 radical (unpaired) electrons. The van der Waals surface area contributed by atoms with Gasteiger partial charge in [0.1, 0.15) is 16.8 Å². The summed E-state index contributed by atoms with van der Waals surface area (Å²) in [5.74, 6) is 0.624. The highest BCUT2D eigenvalue weighted by atomic mass is 32.2. The number of nitrogens with zero attached hydrogens (tertiary/aromatic N) is 4. The van der Waals surface area contributed by atoms with Crippen molar-refractivity contribution in [2.75, 3.05) is 5.75 Å². The maximum atomic E-state index is 14.1. The van der Waals surface area contributed by atoms with E-state index >= 15 is 0 Å². The summed E-state index contributed by atoms with van der Waals surface area (Å²) in [5.41, 5.74) is 2.29. The molecule has 0 unspecified atom stereocenters. The molecular weight excluding hydrogens is 530 g/mol. The first-order valence-corrected chi connectivity index (χ1v) is 14.2. The number of carbonyl (C=O) groups excluding carboxylic acids is 1. The third-order valence-electron chi connectivity index (χ3n) is 7.38. The minimum atomic E-state index is -0.502. The average molecular weight is 558 g/mol. The molecule has 1 aliphatic rings. The van der Waals surface area contributed by atoms with E-state index in [-0.39, 0.29) is 34.1 Å². The Morgan fingerprint density at radius 3 is 2.73 bits per heavy atom. The normalized spacial score (nSPS) is 14.1. The summed E-state index contributed by atoms with van der Waals surface area (Å²) in [6.45, 7) is 0. The molecule has 1 N–H and O–H groups in total. The Labute approximate surface area is 233 Å². The van der Waals surface area contributed by atoms with Gasteiger partial charge in [0.2, 0.25) is 5.91 Å². The minimum Gasteiger partial charge on any atom is -0.464 e. The molecule has 5 aromatic rings. The second kappa shape index (κ2) is 10.6. The highest BCUT2D eigenvalue weighted by Crippen LogP contribution is 2.32. The van der Waals surface area contributed by atoms with E-state index in [1.165, 1.54) is 29.2 Å². The first kappa shape index (κ1) is 25.9. The molecule has 0 bridgehead atoms.